The fourth-order valence-corrected chi connectivity index (χ4v) is 2.67. The molecule has 17 heavy (non-hydrogen) atoms. The minimum Gasteiger partial charge on any atom is -0.261 e. The molecule has 0 aliphatic rings. The first-order valence-corrected chi connectivity index (χ1v) is 7.76. The van der Waals surface area contributed by atoms with Crippen LogP contribution >= 0.6 is 11.6 Å². The third-order valence-corrected chi connectivity index (χ3v) is 3.96. The third-order valence-electron chi connectivity index (χ3n) is 2.23. The summed E-state index contributed by atoms with van der Waals surface area (Å²) in [6, 6.07) is 5.60. The molecule has 0 aliphatic carbocycles. The molecule has 0 radical (unpaired) electrons. The second-order valence-corrected chi connectivity index (χ2v) is 5.98. The SMILES string of the molecule is O=S(=O)(CCCCCl)NCCc1ccccn1. The van der Waals surface area contributed by atoms with E-state index in [1.54, 1.807) is 6.20 Å². The van der Waals surface area contributed by atoms with Crippen LogP contribution in [0.2, 0.25) is 0 Å². The molecule has 0 saturated heterocycles. The Morgan fingerprint density at radius 1 is 1.29 bits per heavy atom. The Morgan fingerprint density at radius 3 is 2.76 bits per heavy atom. The van der Waals surface area contributed by atoms with Gasteiger partial charge in [-0.25, -0.2) is 13.1 Å². The number of aromatic nitrogens is 1. The van der Waals surface area contributed by atoms with Crippen LogP contribution in [0.5, 0.6) is 0 Å². The Labute approximate surface area is 107 Å². The second kappa shape index (κ2) is 7.63. The normalized spacial score (nSPS) is 11.6. The summed E-state index contributed by atoms with van der Waals surface area (Å²) in [6.07, 6.45) is 3.63. The summed E-state index contributed by atoms with van der Waals surface area (Å²) in [5.41, 5.74) is 0.885. The molecular weight excluding hydrogens is 260 g/mol. The largest absolute Gasteiger partial charge is 0.261 e. The molecule has 0 unspecified atom stereocenters. The number of rotatable bonds is 8. The lowest BCUT2D eigenvalue weighted by Crippen LogP contribution is -2.28. The van der Waals surface area contributed by atoms with Gasteiger partial charge in [-0.2, -0.15) is 0 Å². The molecule has 1 aromatic heterocycles. The van der Waals surface area contributed by atoms with Crippen LogP contribution in [0.15, 0.2) is 24.4 Å². The topological polar surface area (TPSA) is 59.1 Å². The van der Waals surface area contributed by atoms with Crippen LogP contribution in [0.1, 0.15) is 18.5 Å². The van der Waals surface area contributed by atoms with E-state index in [1.807, 2.05) is 18.2 Å². The van der Waals surface area contributed by atoms with Gasteiger partial charge in [0.05, 0.1) is 5.75 Å². The lowest BCUT2D eigenvalue weighted by Gasteiger charge is -2.05. The van der Waals surface area contributed by atoms with Gasteiger partial charge < -0.3 is 0 Å². The molecule has 0 spiro atoms. The molecule has 0 aliphatic heterocycles. The maximum atomic E-state index is 11.5. The minimum atomic E-state index is -3.16. The lowest BCUT2D eigenvalue weighted by molar-refractivity contribution is 0.578. The number of nitrogens with zero attached hydrogens (tertiary/aromatic N) is 1. The summed E-state index contributed by atoms with van der Waals surface area (Å²) < 4.78 is 25.6. The zero-order valence-corrected chi connectivity index (χ0v) is 11.2. The summed E-state index contributed by atoms with van der Waals surface area (Å²) in [5, 5.41) is 0. The number of unbranched alkanes of at least 4 members (excludes halogenated alkanes) is 1. The minimum absolute atomic E-state index is 0.141. The highest BCUT2D eigenvalue weighted by atomic mass is 35.5. The van der Waals surface area contributed by atoms with Gasteiger partial charge in [-0.1, -0.05) is 6.07 Å². The third kappa shape index (κ3) is 6.61. The Bertz CT molecular complexity index is 409. The van der Waals surface area contributed by atoms with Crippen molar-refractivity contribution in [2.75, 3.05) is 18.2 Å². The monoisotopic (exact) mass is 276 g/mol. The van der Waals surface area contributed by atoms with Crippen molar-refractivity contribution in [3.63, 3.8) is 0 Å². The molecular formula is C11H17ClN2O2S. The van der Waals surface area contributed by atoms with Crippen molar-refractivity contribution in [3.8, 4) is 0 Å². The van der Waals surface area contributed by atoms with Crippen LogP contribution in [0, 0.1) is 0 Å². The highest BCUT2D eigenvalue weighted by Gasteiger charge is 2.08. The van der Waals surface area contributed by atoms with Crippen molar-refractivity contribution >= 4 is 21.6 Å². The lowest BCUT2D eigenvalue weighted by atomic mass is 10.3. The van der Waals surface area contributed by atoms with E-state index in [4.69, 9.17) is 11.6 Å². The molecule has 0 amide bonds. The Balaban J connectivity index is 2.26. The first-order chi connectivity index (χ1) is 8.14. The fraction of sp³-hybridized carbons (Fsp3) is 0.545. The smallest absolute Gasteiger partial charge is 0.211 e. The first kappa shape index (κ1) is 14.4. The summed E-state index contributed by atoms with van der Waals surface area (Å²) in [5.74, 6) is 0.644. The predicted octanol–water partition coefficient (Wildman–Crippen LogP) is 1.56. The average Bonchev–Trinajstić information content (AvgIpc) is 2.30. The van der Waals surface area contributed by atoms with Gasteiger partial charge >= 0.3 is 0 Å². The molecule has 1 N–H and O–H groups in total. The molecule has 6 heteroatoms. The molecule has 96 valence electrons. The second-order valence-electron chi connectivity index (χ2n) is 3.68. The van der Waals surface area contributed by atoms with E-state index in [0.29, 0.717) is 25.3 Å². The Morgan fingerprint density at radius 2 is 2.12 bits per heavy atom. The molecule has 0 saturated carbocycles. The summed E-state index contributed by atoms with van der Waals surface area (Å²) in [6.45, 7) is 0.389. The van der Waals surface area contributed by atoms with Gasteiger partial charge in [-0.15, -0.1) is 11.6 Å². The quantitative estimate of drug-likeness (QED) is 0.579. The van der Waals surface area contributed by atoms with E-state index < -0.39 is 10.0 Å². The summed E-state index contributed by atoms with van der Waals surface area (Å²) in [4.78, 5) is 4.12. The van der Waals surface area contributed by atoms with Crippen molar-refractivity contribution in [1.82, 2.24) is 9.71 Å². The Kier molecular flexibility index (Phi) is 6.47. The molecule has 0 bridgehead atoms. The predicted molar refractivity (Wildman–Crippen MR) is 69.7 cm³/mol. The molecule has 4 nitrogen and oxygen atoms in total. The van der Waals surface area contributed by atoms with Gasteiger partial charge in [0.15, 0.2) is 0 Å². The van der Waals surface area contributed by atoms with E-state index in [9.17, 15) is 8.42 Å². The molecule has 0 fully saturated rings. The van der Waals surface area contributed by atoms with Crippen LogP contribution in [-0.4, -0.2) is 31.6 Å². The zero-order chi connectivity index (χ0) is 12.6. The molecule has 1 rings (SSSR count). The number of pyridine rings is 1. The fourth-order valence-electron chi connectivity index (χ4n) is 1.34. The number of alkyl halides is 1. The van der Waals surface area contributed by atoms with Crippen molar-refractivity contribution < 1.29 is 8.42 Å². The van der Waals surface area contributed by atoms with Gasteiger partial charge in [0.2, 0.25) is 10.0 Å². The van der Waals surface area contributed by atoms with Crippen molar-refractivity contribution in [3.05, 3.63) is 30.1 Å². The highest BCUT2D eigenvalue weighted by Crippen LogP contribution is 1.98. The van der Waals surface area contributed by atoms with Gasteiger partial charge in [0, 0.05) is 30.7 Å². The number of nitrogens with one attached hydrogen (secondary N) is 1. The van der Waals surface area contributed by atoms with E-state index in [0.717, 1.165) is 12.1 Å². The molecule has 0 aromatic carbocycles. The molecule has 1 heterocycles. The van der Waals surface area contributed by atoms with Gasteiger partial charge in [-0.05, 0) is 25.0 Å². The highest BCUT2D eigenvalue weighted by molar-refractivity contribution is 7.89. The first-order valence-electron chi connectivity index (χ1n) is 5.57. The average molecular weight is 277 g/mol. The van der Waals surface area contributed by atoms with Crippen molar-refractivity contribution in [2.24, 2.45) is 0 Å². The maximum Gasteiger partial charge on any atom is 0.211 e. The van der Waals surface area contributed by atoms with Crippen molar-refractivity contribution in [2.45, 2.75) is 19.3 Å². The van der Waals surface area contributed by atoms with E-state index in [1.165, 1.54) is 0 Å². The van der Waals surface area contributed by atoms with Crippen LogP contribution in [0.3, 0.4) is 0 Å². The van der Waals surface area contributed by atoms with Gasteiger partial charge in [0.1, 0.15) is 0 Å². The number of hydrogen-bond donors (Lipinski definition) is 1. The standard InChI is InChI=1S/C11H17ClN2O2S/c12-7-2-4-10-17(15,16)14-9-6-11-5-1-3-8-13-11/h1,3,5,8,14H,2,4,6-7,9-10H2. The number of halogens is 1. The van der Waals surface area contributed by atoms with E-state index >= 15 is 0 Å². The summed E-state index contributed by atoms with van der Waals surface area (Å²) >= 11 is 5.49. The van der Waals surface area contributed by atoms with Crippen molar-refractivity contribution in [1.29, 1.82) is 0 Å². The van der Waals surface area contributed by atoms with Crippen LogP contribution in [-0.2, 0) is 16.4 Å². The van der Waals surface area contributed by atoms with E-state index in [2.05, 4.69) is 9.71 Å². The zero-order valence-electron chi connectivity index (χ0n) is 9.60. The number of hydrogen-bond acceptors (Lipinski definition) is 3. The van der Waals surface area contributed by atoms with E-state index in [-0.39, 0.29) is 5.75 Å². The number of sulfonamides is 1. The van der Waals surface area contributed by atoms with Crippen LogP contribution < -0.4 is 4.72 Å². The van der Waals surface area contributed by atoms with Crippen LogP contribution in [0.25, 0.3) is 0 Å². The van der Waals surface area contributed by atoms with Gasteiger partial charge in [0.25, 0.3) is 0 Å². The maximum absolute atomic E-state index is 11.5. The summed E-state index contributed by atoms with van der Waals surface area (Å²) in [7, 11) is -3.16. The Hall–Kier alpha value is -0.650. The van der Waals surface area contributed by atoms with Crippen LogP contribution in [0.4, 0.5) is 0 Å². The molecule has 1 aromatic rings. The van der Waals surface area contributed by atoms with Gasteiger partial charge in [-0.3, -0.25) is 4.98 Å². The molecule has 0 atom stereocenters.